The summed E-state index contributed by atoms with van der Waals surface area (Å²) in [7, 11) is 1.36. The highest BCUT2D eigenvalue weighted by molar-refractivity contribution is 5.97. The highest BCUT2D eigenvalue weighted by Gasteiger charge is 2.30. The molecule has 1 aliphatic rings. The molecule has 1 aromatic rings. The van der Waals surface area contributed by atoms with Gasteiger partial charge in [-0.1, -0.05) is 50.1 Å². The van der Waals surface area contributed by atoms with Gasteiger partial charge in [-0.05, 0) is 18.8 Å². The summed E-state index contributed by atoms with van der Waals surface area (Å²) in [5, 5.41) is 0. The quantitative estimate of drug-likeness (QED) is 0.525. The lowest BCUT2D eigenvalue weighted by molar-refractivity contribution is -0.143. The molecule has 26 heavy (non-hydrogen) atoms. The van der Waals surface area contributed by atoms with Crippen LogP contribution in [0.4, 0.5) is 0 Å². The minimum absolute atomic E-state index is 0.0245. The van der Waals surface area contributed by atoms with E-state index >= 15 is 0 Å². The second-order valence-electron chi connectivity index (χ2n) is 7.03. The largest absolute Gasteiger partial charge is 0.469 e. The van der Waals surface area contributed by atoms with Crippen LogP contribution in [0.1, 0.15) is 62.2 Å². The molecule has 0 bridgehead atoms. The lowest BCUT2D eigenvalue weighted by Gasteiger charge is -2.38. The van der Waals surface area contributed by atoms with Crippen LogP contribution in [0.5, 0.6) is 0 Å². The van der Waals surface area contributed by atoms with Crippen molar-refractivity contribution in [2.45, 2.75) is 57.9 Å². The van der Waals surface area contributed by atoms with E-state index in [1.54, 1.807) is 12.1 Å². The van der Waals surface area contributed by atoms with E-state index in [0.29, 0.717) is 18.0 Å². The third-order valence-corrected chi connectivity index (χ3v) is 5.23. The molecule has 2 rings (SSSR count). The normalized spacial score (nSPS) is 19.6. The molecule has 5 heteroatoms. The fourth-order valence-corrected chi connectivity index (χ4v) is 3.68. The number of carbonyl (C=O) groups is 3. The highest BCUT2D eigenvalue weighted by Crippen LogP contribution is 2.29. The van der Waals surface area contributed by atoms with Gasteiger partial charge in [-0.3, -0.25) is 14.4 Å². The molecule has 1 aromatic carbocycles. The zero-order chi connectivity index (χ0) is 18.9. The summed E-state index contributed by atoms with van der Waals surface area (Å²) in [4.78, 5) is 38.5. The van der Waals surface area contributed by atoms with Crippen LogP contribution >= 0.6 is 0 Å². The maximum Gasteiger partial charge on any atom is 0.307 e. The van der Waals surface area contributed by atoms with Crippen LogP contribution in [-0.4, -0.2) is 42.3 Å². The van der Waals surface area contributed by atoms with E-state index in [4.69, 9.17) is 4.74 Å². The van der Waals surface area contributed by atoms with Crippen LogP contribution in [0, 0.1) is 5.92 Å². The minimum Gasteiger partial charge on any atom is -0.469 e. The molecule has 0 aromatic heterocycles. The molecule has 0 saturated heterocycles. The molecule has 5 nitrogen and oxygen atoms in total. The van der Waals surface area contributed by atoms with Gasteiger partial charge in [0, 0.05) is 31.0 Å². The molecule has 1 fully saturated rings. The van der Waals surface area contributed by atoms with Crippen molar-refractivity contribution in [1.82, 2.24) is 4.90 Å². The first-order valence-corrected chi connectivity index (χ1v) is 9.47. The molecule has 1 saturated carbocycles. The average Bonchev–Trinajstić information content (AvgIpc) is 2.67. The standard InChI is InChI=1S/C21H29NO4/c1-16-8-6-7-11-18(16)22(15-14-21(25)26-2)20(24)13-12-19(23)17-9-4-3-5-10-17/h3-5,9-10,16,18H,6-8,11-15H2,1-2H3. The SMILES string of the molecule is COC(=O)CCN(C(=O)CCC(=O)c1ccccc1)C1CCCCC1C. The summed E-state index contributed by atoms with van der Waals surface area (Å²) >= 11 is 0. The number of esters is 1. The third-order valence-electron chi connectivity index (χ3n) is 5.23. The molecule has 0 spiro atoms. The number of nitrogens with zero attached hydrogens (tertiary/aromatic N) is 1. The first-order chi connectivity index (χ1) is 12.5. The Kier molecular flexibility index (Phi) is 7.82. The number of hydrogen-bond acceptors (Lipinski definition) is 4. The first kappa shape index (κ1) is 20.1. The lowest BCUT2D eigenvalue weighted by Crippen LogP contribution is -2.46. The van der Waals surface area contributed by atoms with Crippen LogP contribution in [0.25, 0.3) is 0 Å². The van der Waals surface area contributed by atoms with Crippen molar-refractivity contribution in [2.75, 3.05) is 13.7 Å². The Morgan fingerprint density at radius 3 is 2.38 bits per heavy atom. The number of amides is 1. The number of carbonyl (C=O) groups excluding carboxylic acids is 3. The van der Waals surface area contributed by atoms with Crippen molar-refractivity contribution >= 4 is 17.7 Å². The van der Waals surface area contributed by atoms with Crippen LogP contribution in [-0.2, 0) is 14.3 Å². The molecule has 0 heterocycles. The van der Waals surface area contributed by atoms with Crippen molar-refractivity contribution in [3.63, 3.8) is 0 Å². The zero-order valence-corrected chi connectivity index (χ0v) is 15.8. The predicted molar refractivity (Wildman–Crippen MR) is 99.8 cm³/mol. The van der Waals surface area contributed by atoms with Gasteiger partial charge in [-0.15, -0.1) is 0 Å². The second-order valence-corrected chi connectivity index (χ2v) is 7.03. The summed E-state index contributed by atoms with van der Waals surface area (Å²) in [6.45, 7) is 2.53. The number of hydrogen-bond donors (Lipinski definition) is 0. The predicted octanol–water partition coefficient (Wildman–Crippen LogP) is 3.62. The van der Waals surface area contributed by atoms with Crippen LogP contribution in [0.15, 0.2) is 30.3 Å². The molecule has 1 amide bonds. The number of benzene rings is 1. The Morgan fingerprint density at radius 2 is 1.73 bits per heavy atom. The summed E-state index contributed by atoms with van der Waals surface area (Å²) < 4.78 is 4.72. The van der Waals surface area contributed by atoms with E-state index in [1.165, 1.54) is 13.5 Å². The first-order valence-electron chi connectivity index (χ1n) is 9.47. The molecule has 0 radical (unpaired) electrons. The van der Waals surface area contributed by atoms with Gasteiger partial charge in [-0.2, -0.15) is 0 Å². The fraction of sp³-hybridized carbons (Fsp3) is 0.571. The Hall–Kier alpha value is -2.17. The van der Waals surface area contributed by atoms with Gasteiger partial charge >= 0.3 is 5.97 Å². The Labute approximate surface area is 155 Å². The van der Waals surface area contributed by atoms with Crippen molar-refractivity contribution in [2.24, 2.45) is 5.92 Å². The highest BCUT2D eigenvalue weighted by atomic mass is 16.5. The maximum absolute atomic E-state index is 12.8. The van der Waals surface area contributed by atoms with Crippen molar-refractivity contribution in [3.8, 4) is 0 Å². The second kappa shape index (κ2) is 10.1. The zero-order valence-electron chi connectivity index (χ0n) is 15.8. The van der Waals surface area contributed by atoms with Crippen molar-refractivity contribution in [1.29, 1.82) is 0 Å². The molecule has 0 aliphatic heterocycles. The van der Waals surface area contributed by atoms with Gasteiger partial charge in [0.15, 0.2) is 5.78 Å². The van der Waals surface area contributed by atoms with Gasteiger partial charge in [0.25, 0.3) is 0 Å². The van der Waals surface area contributed by atoms with E-state index in [9.17, 15) is 14.4 Å². The summed E-state index contributed by atoms with van der Waals surface area (Å²) in [6.07, 6.45) is 4.90. The fourth-order valence-electron chi connectivity index (χ4n) is 3.68. The van der Waals surface area contributed by atoms with Gasteiger partial charge < -0.3 is 9.64 Å². The number of methoxy groups -OCH3 is 1. The molecule has 2 unspecified atom stereocenters. The molecule has 142 valence electrons. The maximum atomic E-state index is 12.8. The van der Waals surface area contributed by atoms with E-state index in [0.717, 1.165) is 19.3 Å². The van der Waals surface area contributed by atoms with Crippen molar-refractivity contribution < 1.29 is 19.1 Å². The Morgan fingerprint density at radius 1 is 1.04 bits per heavy atom. The smallest absolute Gasteiger partial charge is 0.307 e. The number of Topliss-reactive ketones (excluding diaryl/α,β-unsaturated/α-hetero) is 1. The van der Waals surface area contributed by atoms with E-state index in [1.807, 2.05) is 23.1 Å². The summed E-state index contributed by atoms with van der Waals surface area (Å²) in [5.41, 5.74) is 0.632. The molecular formula is C21H29NO4. The minimum atomic E-state index is -0.313. The van der Waals surface area contributed by atoms with Crippen molar-refractivity contribution in [3.05, 3.63) is 35.9 Å². The van der Waals surface area contributed by atoms with Crippen LogP contribution in [0.2, 0.25) is 0 Å². The van der Waals surface area contributed by atoms with Crippen LogP contribution < -0.4 is 0 Å². The topological polar surface area (TPSA) is 63.7 Å². The third kappa shape index (κ3) is 5.68. The Balaban J connectivity index is 1.99. The molecular weight excluding hydrogens is 330 g/mol. The lowest BCUT2D eigenvalue weighted by atomic mass is 9.84. The molecule has 2 atom stereocenters. The monoisotopic (exact) mass is 359 g/mol. The summed E-state index contributed by atoms with van der Waals surface area (Å²) in [6, 6.07) is 9.19. The molecule has 1 aliphatic carbocycles. The van der Waals surface area contributed by atoms with Gasteiger partial charge in [0.2, 0.25) is 5.91 Å². The van der Waals surface area contributed by atoms with Crippen LogP contribution in [0.3, 0.4) is 0 Å². The molecule has 0 N–H and O–H groups in total. The number of ketones is 1. The van der Waals surface area contributed by atoms with Gasteiger partial charge in [-0.25, -0.2) is 0 Å². The van der Waals surface area contributed by atoms with E-state index in [-0.39, 0.29) is 43.0 Å². The van der Waals surface area contributed by atoms with Gasteiger partial charge in [0.05, 0.1) is 13.5 Å². The van der Waals surface area contributed by atoms with E-state index < -0.39 is 0 Å². The average molecular weight is 359 g/mol. The number of ether oxygens (including phenoxy) is 1. The Bertz CT molecular complexity index is 614. The van der Waals surface area contributed by atoms with E-state index in [2.05, 4.69) is 6.92 Å². The van der Waals surface area contributed by atoms with Gasteiger partial charge in [0.1, 0.15) is 0 Å². The summed E-state index contributed by atoms with van der Waals surface area (Å²) in [5.74, 6) is 0.0299. The number of rotatable bonds is 8.